The quantitative estimate of drug-likeness (QED) is 0.407. The molecule has 0 radical (unpaired) electrons. The van der Waals surface area contributed by atoms with Crippen molar-refractivity contribution >= 4 is 5.91 Å². The minimum Gasteiger partial charge on any atom is -0.457 e. The molecule has 1 aliphatic rings. The maximum atomic E-state index is 12.8. The number of pyridine rings is 1. The Morgan fingerprint density at radius 3 is 2.53 bits per heavy atom. The van der Waals surface area contributed by atoms with Gasteiger partial charge in [-0.05, 0) is 66.3 Å². The Kier molecular flexibility index (Phi) is 6.64. The molecule has 0 spiro atoms. The molecule has 7 heteroatoms. The molecule has 34 heavy (non-hydrogen) atoms. The number of ether oxygens (including phenoxy) is 1. The molecule has 4 nitrogen and oxygen atoms in total. The predicted molar refractivity (Wildman–Crippen MR) is 124 cm³/mol. The normalized spacial score (nSPS) is 16.2. The molecule has 1 aliphatic heterocycles. The fraction of sp³-hybridized carbons (Fsp3) is 0.333. The van der Waals surface area contributed by atoms with E-state index in [-0.39, 0.29) is 17.5 Å². The van der Waals surface area contributed by atoms with Crippen molar-refractivity contribution in [2.45, 2.75) is 45.2 Å². The maximum Gasteiger partial charge on any atom is 0.417 e. The smallest absolute Gasteiger partial charge is 0.417 e. The first-order valence-electron chi connectivity index (χ1n) is 11.3. The number of para-hydroxylation sites is 1. The van der Waals surface area contributed by atoms with E-state index in [4.69, 9.17) is 4.74 Å². The molecule has 2 heterocycles. The summed E-state index contributed by atoms with van der Waals surface area (Å²) in [5.74, 6) is 1.74. The van der Waals surface area contributed by atoms with Crippen LogP contribution in [0.5, 0.6) is 11.5 Å². The van der Waals surface area contributed by atoms with E-state index in [2.05, 4.69) is 24.9 Å². The van der Waals surface area contributed by atoms with Gasteiger partial charge >= 0.3 is 6.18 Å². The lowest BCUT2D eigenvalue weighted by molar-refractivity contribution is -0.137. The zero-order chi connectivity index (χ0) is 24.5. The zero-order valence-corrected chi connectivity index (χ0v) is 19.4. The lowest BCUT2D eigenvalue weighted by atomic mass is 9.94. The van der Waals surface area contributed by atoms with Crippen LogP contribution in [0, 0.1) is 6.92 Å². The van der Waals surface area contributed by atoms with Crippen molar-refractivity contribution < 1.29 is 22.7 Å². The highest BCUT2D eigenvalue weighted by Gasteiger charge is 2.32. The first kappa shape index (κ1) is 23.8. The van der Waals surface area contributed by atoms with Crippen LogP contribution in [0.1, 0.15) is 64.8 Å². The highest BCUT2D eigenvalue weighted by atomic mass is 19.4. The molecule has 178 valence electrons. The third-order valence-corrected chi connectivity index (χ3v) is 6.24. The van der Waals surface area contributed by atoms with E-state index in [0.717, 1.165) is 46.7 Å². The van der Waals surface area contributed by atoms with Crippen LogP contribution in [0.15, 0.2) is 60.8 Å². The molecule has 1 fully saturated rings. The summed E-state index contributed by atoms with van der Waals surface area (Å²) in [5.41, 5.74) is 2.52. The molecule has 1 aromatic heterocycles. The number of aromatic nitrogens is 1. The monoisotopic (exact) mass is 468 g/mol. The Bertz CT molecular complexity index is 1170. The molecular weight excluding hydrogens is 441 g/mol. The lowest BCUT2D eigenvalue weighted by Crippen LogP contribution is -2.29. The number of carbonyl (C=O) groups is 1. The van der Waals surface area contributed by atoms with Crippen LogP contribution in [-0.4, -0.2) is 28.9 Å². The average molecular weight is 469 g/mol. The summed E-state index contributed by atoms with van der Waals surface area (Å²) in [7, 11) is 0. The summed E-state index contributed by atoms with van der Waals surface area (Å²) in [6.45, 7) is 7.32. The minimum atomic E-state index is -4.47. The lowest BCUT2D eigenvalue weighted by Gasteiger charge is -2.18. The van der Waals surface area contributed by atoms with Gasteiger partial charge in [-0.1, -0.05) is 38.1 Å². The van der Waals surface area contributed by atoms with Gasteiger partial charge in [0.25, 0.3) is 5.91 Å². The number of rotatable bonds is 5. The fourth-order valence-corrected chi connectivity index (χ4v) is 4.40. The number of hydrogen-bond donors (Lipinski definition) is 0. The summed E-state index contributed by atoms with van der Waals surface area (Å²) < 4.78 is 44.4. The van der Waals surface area contributed by atoms with Crippen molar-refractivity contribution in [3.63, 3.8) is 0 Å². The summed E-state index contributed by atoms with van der Waals surface area (Å²) in [5, 5.41) is 0. The molecule has 0 bridgehead atoms. The summed E-state index contributed by atoms with van der Waals surface area (Å²) in [6, 6.07) is 16.0. The van der Waals surface area contributed by atoms with Gasteiger partial charge in [0.05, 0.1) is 5.56 Å². The molecule has 1 atom stereocenters. The maximum absolute atomic E-state index is 12.8. The van der Waals surface area contributed by atoms with Gasteiger partial charge in [0, 0.05) is 25.2 Å². The van der Waals surface area contributed by atoms with Gasteiger partial charge < -0.3 is 9.64 Å². The summed E-state index contributed by atoms with van der Waals surface area (Å²) in [4.78, 5) is 18.2. The predicted octanol–water partition coefficient (Wildman–Crippen LogP) is 6.95. The second-order valence-electron chi connectivity index (χ2n) is 8.98. The van der Waals surface area contributed by atoms with Crippen LogP contribution in [0.2, 0.25) is 0 Å². The standard InChI is InChI=1S/C27H27F3N2O2/c1-17(2)22-6-4-5-7-25(22)34-21-9-10-23(18(3)14-21)19-12-13-32(16-19)26(33)24-11-8-20(15-31-24)27(28,29)30/h4-11,14-15,17,19H,12-13,16H2,1-3H3. The number of benzene rings is 2. The van der Waals surface area contributed by atoms with Crippen LogP contribution in [0.4, 0.5) is 13.2 Å². The molecule has 1 saturated heterocycles. The van der Waals surface area contributed by atoms with Gasteiger partial charge in [0.15, 0.2) is 0 Å². The zero-order valence-electron chi connectivity index (χ0n) is 19.4. The second kappa shape index (κ2) is 9.49. The van der Waals surface area contributed by atoms with E-state index in [1.54, 1.807) is 4.90 Å². The highest BCUT2D eigenvalue weighted by Crippen LogP contribution is 2.35. The third kappa shape index (κ3) is 5.08. The molecule has 3 aromatic rings. The number of nitrogens with zero attached hydrogens (tertiary/aromatic N) is 2. The van der Waals surface area contributed by atoms with Crippen LogP contribution in [-0.2, 0) is 6.18 Å². The Morgan fingerprint density at radius 2 is 1.88 bits per heavy atom. The number of amides is 1. The molecule has 2 aromatic carbocycles. The topological polar surface area (TPSA) is 42.4 Å². The Balaban J connectivity index is 1.44. The third-order valence-electron chi connectivity index (χ3n) is 6.24. The van der Waals surface area contributed by atoms with Crippen LogP contribution in [0.3, 0.4) is 0 Å². The first-order chi connectivity index (χ1) is 16.1. The van der Waals surface area contributed by atoms with Crippen molar-refractivity contribution in [1.82, 2.24) is 9.88 Å². The van der Waals surface area contributed by atoms with E-state index in [1.807, 2.05) is 43.3 Å². The number of alkyl halides is 3. The number of hydrogen-bond acceptors (Lipinski definition) is 3. The molecule has 0 aliphatic carbocycles. The number of aryl methyl sites for hydroxylation is 1. The van der Waals surface area contributed by atoms with E-state index in [0.29, 0.717) is 25.2 Å². The van der Waals surface area contributed by atoms with Gasteiger partial charge in [-0.15, -0.1) is 0 Å². The number of likely N-dealkylation sites (tertiary alicyclic amines) is 1. The SMILES string of the molecule is Cc1cc(Oc2ccccc2C(C)C)ccc1C1CCN(C(=O)c2ccc(C(F)(F)F)cn2)C1. The Morgan fingerprint density at radius 1 is 1.12 bits per heavy atom. The van der Waals surface area contributed by atoms with Gasteiger partial charge in [-0.2, -0.15) is 13.2 Å². The van der Waals surface area contributed by atoms with Crippen molar-refractivity contribution in [1.29, 1.82) is 0 Å². The van der Waals surface area contributed by atoms with Gasteiger partial charge in [0.1, 0.15) is 17.2 Å². The van der Waals surface area contributed by atoms with Crippen LogP contribution < -0.4 is 4.74 Å². The van der Waals surface area contributed by atoms with E-state index in [1.165, 1.54) is 0 Å². The van der Waals surface area contributed by atoms with Crippen molar-refractivity contribution in [2.24, 2.45) is 0 Å². The summed E-state index contributed by atoms with van der Waals surface area (Å²) >= 11 is 0. The van der Waals surface area contributed by atoms with Crippen LogP contribution >= 0.6 is 0 Å². The first-order valence-corrected chi connectivity index (χ1v) is 11.3. The molecule has 1 unspecified atom stereocenters. The molecule has 4 rings (SSSR count). The number of halogens is 3. The van der Waals surface area contributed by atoms with E-state index >= 15 is 0 Å². The summed E-state index contributed by atoms with van der Waals surface area (Å²) in [6.07, 6.45) is -2.98. The highest BCUT2D eigenvalue weighted by molar-refractivity contribution is 5.92. The Hall–Kier alpha value is -3.35. The van der Waals surface area contributed by atoms with Gasteiger partial charge in [0.2, 0.25) is 0 Å². The van der Waals surface area contributed by atoms with Crippen molar-refractivity contribution in [3.05, 3.63) is 88.7 Å². The van der Waals surface area contributed by atoms with Gasteiger partial charge in [-0.3, -0.25) is 9.78 Å². The Labute approximate surface area is 197 Å². The second-order valence-corrected chi connectivity index (χ2v) is 8.98. The molecular formula is C27H27F3N2O2. The van der Waals surface area contributed by atoms with E-state index < -0.39 is 11.7 Å². The van der Waals surface area contributed by atoms with Crippen molar-refractivity contribution in [3.8, 4) is 11.5 Å². The molecule has 0 saturated carbocycles. The van der Waals surface area contributed by atoms with Crippen LogP contribution in [0.25, 0.3) is 0 Å². The fourth-order valence-electron chi connectivity index (χ4n) is 4.40. The average Bonchev–Trinajstić information content (AvgIpc) is 3.28. The molecule has 0 N–H and O–H groups in total. The minimum absolute atomic E-state index is 0.0259. The number of carbonyl (C=O) groups excluding carboxylic acids is 1. The van der Waals surface area contributed by atoms with E-state index in [9.17, 15) is 18.0 Å². The van der Waals surface area contributed by atoms with Gasteiger partial charge in [-0.25, -0.2) is 0 Å². The van der Waals surface area contributed by atoms with Crippen molar-refractivity contribution in [2.75, 3.05) is 13.1 Å². The largest absolute Gasteiger partial charge is 0.457 e. The molecule has 1 amide bonds.